The van der Waals surface area contributed by atoms with E-state index in [2.05, 4.69) is 0 Å². The van der Waals surface area contributed by atoms with Gasteiger partial charge < -0.3 is 8.37 Å². The molecule has 0 heterocycles. The monoisotopic (exact) mass is 294 g/mol. The van der Waals surface area contributed by atoms with Gasteiger partial charge in [-0.15, -0.1) is 0 Å². The van der Waals surface area contributed by atoms with Gasteiger partial charge in [0.05, 0.1) is 11.5 Å². The SMILES string of the molecule is CCS(=O)(=O)Oc1ccc(OS(=O)(=O)CC)cc1. The van der Waals surface area contributed by atoms with Crippen LogP contribution in [0.4, 0.5) is 0 Å². The van der Waals surface area contributed by atoms with Gasteiger partial charge in [0.15, 0.2) is 0 Å². The van der Waals surface area contributed by atoms with Crippen molar-refractivity contribution in [3.63, 3.8) is 0 Å². The molecule has 0 aromatic heterocycles. The van der Waals surface area contributed by atoms with Crippen molar-refractivity contribution in [1.82, 2.24) is 0 Å². The summed E-state index contributed by atoms with van der Waals surface area (Å²) in [6, 6.07) is 5.31. The van der Waals surface area contributed by atoms with Crippen LogP contribution in [0, 0.1) is 0 Å². The predicted octanol–water partition coefficient (Wildman–Crippen LogP) is 1.14. The Kier molecular flexibility index (Phi) is 4.58. The zero-order valence-corrected chi connectivity index (χ0v) is 11.6. The molecule has 0 aliphatic rings. The molecule has 0 bridgehead atoms. The molecule has 6 nitrogen and oxygen atoms in total. The normalized spacial score (nSPS) is 12.1. The van der Waals surface area contributed by atoms with Gasteiger partial charge in [0, 0.05) is 0 Å². The Balaban J connectivity index is 2.81. The maximum absolute atomic E-state index is 11.2. The fourth-order valence-electron chi connectivity index (χ4n) is 0.962. The molecule has 0 saturated heterocycles. The largest absolute Gasteiger partial charge is 0.382 e. The highest BCUT2D eigenvalue weighted by molar-refractivity contribution is 7.87. The van der Waals surface area contributed by atoms with Crippen molar-refractivity contribution in [2.24, 2.45) is 0 Å². The summed E-state index contributed by atoms with van der Waals surface area (Å²) in [6.07, 6.45) is 0. The van der Waals surface area contributed by atoms with E-state index in [-0.39, 0.29) is 23.0 Å². The Labute approximate surface area is 107 Å². The second-order valence-corrected chi connectivity index (χ2v) is 7.05. The fraction of sp³-hybridized carbons (Fsp3) is 0.400. The van der Waals surface area contributed by atoms with Crippen LogP contribution in [0.25, 0.3) is 0 Å². The molecule has 0 atom stereocenters. The van der Waals surface area contributed by atoms with E-state index >= 15 is 0 Å². The zero-order valence-electron chi connectivity index (χ0n) is 9.99. The minimum Gasteiger partial charge on any atom is -0.382 e. The summed E-state index contributed by atoms with van der Waals surface area (Å²) in [5.74, 6) is -0.0681. The van der Waals surface area contributed by atoms with Crippen LogP contribution in [-0.4, -0.2) is 28.3 Å². The summed E-state index contributed by atoms with van der Waals surface area (Å²) in [5, 5.41) is 0. The summed E-state index contributed by atoms with van der Waals surface area (Å²) < 4.78 is 54.2. The zero-order chi connectivity index (χ0) is 13.8. The topological polar surface area (TPSA) is 86.7 Å². The lowest BCUT2D eigenvalue weighted by Gasteiger charge is -2.07. The van der Waals surface area contributed by atoms with Crippen molar-refractivity contribution in [2.75, 3.05) is 11.5 Å². The molecule has 1 rings (SSSR count). The standard InChI is InChI=1S/C10H14O6S2/c1-3-17(11,12)15-9-5-7-10(8-6-9)16-18(13,14)4-2/h5-8H,3-4H2,1-2H3. The van der Waals surface area contributed by atoms with Crippen molar-refractivity contribution in [3.05, 3.63) is 24.3 Å². The van der Waals surface area contributed by atoms with Crippen LogP contribution in [0.5, 0.6) is 11.5 Å². The summed E-state index contributed by atoms with van der Waals surface area (Å²) >= 11 is 0. The Morgan fingerprint density at radius 3 is 1.28 bits per heavy atom. The van der Waals surface area contributed by atoms with E-state index in [1.54, 1.807) is 0 Å². The smallest absolute Gasteiger partial charge is 0.308 e. The molecule has 0 amide bonds. The number of rotatable bonds is 6. The van der Waals surface area contributed by atoms with Gasteiger partial charge in [-0.3, -0.25) is 0 Å². The first kappa shape index (κ1) is 14.8. The molecule has 1 aromatic rings. The molecule has 8 heteroatoms. The number of benzene rings is 1. The third-order valence-electron chi connectivity index (χ3n) is 1.98. The second-order valence-electron chi connectivity index (χ2n) is 3.33. The Morgan fingerprint density at radius 1 is 0.778 bits per heavy atom. The average Bonchev–Trinajstić information content (AvgIpc) is 2.31. The Hall–Kier alpha value is -1.28. The molecule has 0 fully saturated rings. The van der Waals surface area contributed by atoms with Crippen molar-refractivity contribution >= 4 is 20.2 Å². The van der Waals surface area contributed by atoms with Crippen LogP contribution in [0.2, 0.25) is 0 Å². The van der Waals surface area contributed by atoms with E-state index in [0.29, 0.717) is 0 Å². The molecule has 0 unspecified atom stereocenters. The van der Waals surface area contributed by atoms with E-state index in [1.807, 2.05) is 0 Å². The highest BCUT2D eigenvalue weighted by Crippen LogP contribution is 2.20. The quantitative estimate of drug-likeness (QED) is 0.731. The van der Waals surface area contributed by atoms with Crippen molar-refractivity contribution in [2.45, 2.75) is 13.8 Å². The number of hydrogen-bond acceptors (Lipinski definition) is 6. The fourth-order valence-corrected chi connectivity index (χ4v) is 2.01. The summed E-state index contributed by atoms with van der Waals surface area (Å²) in [4.78, 5) is 0. The maximum atomic E-state index is 11.2. The number of hydrogen-bond donors (Lipinski definition) is 0. The molecule has 0 spiro atoms. The van der Waals surface area contributed by atoms with Crippen LogP contribution in [0.15, 0.2) is 24.3 Å². The van der Waals surface area contributed by atoms with Gasteiger partial charge in [-0.05, 0) is 38.1 Å². The van der Waals surface area contributed by atoms with Gasteiger partial charge in [-0.25, -0.2) is 0 Å². The third-order valence-corrected chi connectivity index (χ3v) is 4.28. The lowest BCUT2D eigenvalue weighted by Crippen LogP contribution is -2.12. The first-order valence-corrected chi connectivity index (χ1v) is 8.38. The molecular weight excluding hydrogens is 280 g/mol. The Bertz CT molecular complexity index is 531. The average molecular weight is 294 g/mol. The van der Waals surface area contributed by atoms with Crippen LogP contribution < -0.4 is 8.37 Å². The van der Waals surface area contributed by atoms with Crippen LogP contribution in [0.3, 0.4) is 0 Å². The molecule has 102 valence electrons. The first-order valence-electron chi connectivity index (χ1n) is 5.22. The van der Waals surface area contributed by atoms with E-state index in [0.717, 1.165) is 0 Å². The van der Waals surface area contributed by atoms with Gasteiger partial charge in [-0.1, -0.05) is 0 Å². The van der Waals surface area contributed by atoms with Crippen LogP contribution in [-0.2, 0) is 20.2 Å². The Morgan fingerprint density at radius 2 is 1.06 bits per heavy atom. The summed E-state index contributed by atoms with van der Waals surface area (Å²) in [6.45, 7) is 2.92. The van der Waals surface area contributed by atoms with Gasteiger partial charge >= 0.3 is 20.2 Å². The first-order chi connectivity index (χ1) is 8.28. The van der Waals surface area contributed by atoms with Crippen LogP contribution >= 0.6 is 0 Å². The highest BCUT2D eigenvalue weighted by atomic mass is 32.2. The third kappa shape index (κ3) is 4.53. The minimum atomic E-state index is -3.58. The molecule has 18 heavy (non-hydrogen) atoms. The lowest BCUT2D eigenvalue weighted by molar-refractivity contribution is 0.479. The lowest BCUT2D eigenvalue weighted by atomic mass is 10.3. The predicted molar refractivity (Wildman–Crippen MR) is 66.6 cm³/mol. The van der Waals surface area contributed by atoms with E-state index in [4.69, 9.17) is 8.37 Å². The van der Waals surface area contributed by atoms with Crippen molar-refractivity contribution < 1.29 is 25.2 Å². The molecule has 0 radical (unpaired) electrons. The van der Waals surface area contributed by atoms with Gasteiger partial charge in [0.25, 0.3) is 0 Å². The van der Waals surface area contributed by atoms with Crippen molar-refractivity contribution in [3.8, 4) is 11.5 Å². The molecule has 0 aliphatic heterocycles. The van der Waals surface area contributed by atoms with E-state index < -0.39 is 20.2 Å². The molecule has 1 aromatic carbocycles. The minimum absolute atomic E-state index is 0.109. The van der Waals surface area contributed by atoms with Gasteiger partial charge in [0.1, 0.15) is 11.5 Å². The second kappa shape index (κ2) is 5.57. The van der Waals surface area contributed by atoms with E-state index in [9.17, 15) is 16.8 Å². The maximum Gasteiger partial charge on any atom is 0.308 e. The van der Waals surface area contributed by atoms with Crippen LogP contribution in [0.1, 0.15) is 13.8 Å². The molecule has 0 saturated carbocycles. The summed E-state index contributed by atoms with van der Waals surface area (Å²) in [5.41, 5.74) is 0. The molecule has 0 N–H and O–H groups in total. The van der Waals surface area contributed by atoms with Crippen molar-refractivity contribution in [1.29, 1.82) is 0 Å². The van der Waals surface area contributed by atoms with Gasteiger partial charge in [0.2, 0.25) is 0 Å². The highest BCUT2D eigenvalue weighted by Gasteiger charge is 2.11. The summed E-state index contributed by atoms with van der Waals surface area (Å²) in [7, 11) is -7.17. The van der Waals surface area contributed by atoms with Gasteiger partial charge in [-0.2, -0.15) is 16.8 Å². The molecule has 0 aliphatic carbocycles. The molecular formula is C10H14O6S2. The van der Waals surface area contributed by atoms with E-state index in [1.165, 1.54) is 38.1 Å².